The fourth-order valence-corrected chi connectivity index (χ4v) is 2.52. The number of hydrogen-bond acceptors (Lipinski definition) is 5. The average Bonchev–Trinajstić information content (AvgIpc) is 2.37. The molecule has 0 radical (unpaired) electrons. The molecule has 1 fully saturated rings. The average molecular weight is 295 g/mol. The van der Waals surface area contributed by atoms with Crippen LogP contribution in [0, 0.1) is 10.1 Å². The molecule has 0 aromatic heterocycles. The van der Waals surface area contributed by atoms with E-state index in [9.17, 15) is 20.0 Å². The van der Waals surface area contributed by atoms with Crippen LogP contribution in [0.2, 0.25) is 0 Å². The molecule has 2 rings (SSSR count). The van der Waals surface area contributed by atoms with Gasteiger partial charge in [-0.3, -0.25) is 10.1 Å². The Hall–Kier alpha value is -2.15. The Bertz CT molecular complexity index is 548. The first-order chi connectivity index (χ1) is 9.86. The van der Waals surface area contributed by atoms with E-state index in [1.165, 1.54) is 12.1 Å². The van der Waals surface area contributed by atoms with Gasteiger partial charge in [-0.25, -0.2) is 4.79 Å². The smallest absolute Gasteiger partial charge is 0.339 e. The lowest BCUT2D eigenvalue weighted by Gasteiger charge is -2.32. The van der Waals surface area contributed by atoms with Crippen molar-refractivity contribution in [3.8, 4) is 5.75 Å². The van der Waals surface area contributed by atoms with Crippen LogP contribution in [0.4, 0.5) is 5.69 Å². The van der Waals surface area contributed by atoms with E-state index in [2.05, 4.69) is 0 Å². The topological polar surface area (TPSA) is 98.9 Å². The molecule has 7 heteroatoms. The first-order valence-electron chi connectivity index (χ1n) is 6.70. The Balaban J connectivity index is 2.23. The molecule has 7 nitrogen and oxygen atoms in total. The number of aromatic carboxylic acids is 1. The first-order valence-corrected chi connectivity index (χ1v) is 6.70. The highest BCUT2D eigenvalue weighted by Gasteiger charge is 2.27. The number of nitrogens with zero attached hydrogens (tertiary/aromatic N) is 1. The third-order valence-electron chi connectivity index (χ3n) is 3.35. The van der Waals surface area contributed by atoms with Crippen molar-refractivity contribution in [1.29, 1.82) is 0 Å². The summed E-state index contributed by atoms with van der Waals surface area (Å²) in [7, 11) is 0. The monoisotopic (exact) mass is 295 g/mol. The van der Waals surface area contributed by atoms with Gasteiger partial charge in [-0.05, 0) is 19.9 Å². The minimum absolute atomic E-state index is 0.0325. The number of benzene rings is 1. The highest BCUT2D eigenvalue weighted by atomic mass is 16.6. The van der Waals surface area contributed by atoms with Gasteiger partial charge in [-0.1, -0.05) is 0 Å². The predicted octanol–water partition coefficient (Wildman–Crippen LogP) is 2.63. The van der Waals surface area contributed by atoms with Crippen LogP contribution in [-0.4, -0.2) is 34.3 Å². The highest BCUT2D eigenvalue weighted by Crippen LogP contribution is 2.29. The van der Waals surface area contributed by atoms with Crippen LogP contribution in [0.1, 0.15) is 37.0 Å². The van der Waals surface area contributed by atoms with Gasteiger partial charge in [0.05, 0.1) is 17.1 Å². The van der Waals surface area contributed by atoms with Gasteiger partial charge in [0.15, 0.2) is 0 Å². The van der Waals surface area contributed by atoms with Crippen LogP contribution < -0.4 is 4.74 Å². The van der Waals surface area contributed by atoms with Crippen molar-refractivity contribution in [1.82, 2.24) is 0 Å². The third kappa shape index (κ3) is 3.69. The number of ether oxygens (including phenoxy) is 2. The Kier molecular flexibility index (Phi) is 4.42. The van der Waals surface area contributed by atoms with E-state index < -0.39 is 10.9 Å². The number of non-ortho nitro benzene ring substituents is 1. The lowest BCUT2D eigenvalue weighted by Crippen LogP contribution is -2.36. The molecule has 0 bridgehead atoms. The highest BCUT2D eigenvalue weighted by molar-refractivity contribution is 5.91. The van der Waals surface area contributed by atoms with Crippen molar-refractivity contribution in [3.63, 3.8) is 0 Å². The quantitative estimate of drug-likeness (QED) is 0.677. The number of nitro groups is 1. The zero-order valence-corrected chi connectivity index (χ0v) is 11.8. The molecule has 0 aliphatic carbocycles. The molecule has 0 spiro atoms. The van der Waals surface area contributed by atoms with Crippen molar-refractivity contribution < 1.29 is 24.3 Å². The fraction of sp³-hybridized carbons (Fsp3) is 0.500. The second-order valence-electron chi connectivity index (χ2n) is 5.21. The van der Waals surface area contributed by atoms with Gasteiger partial charge < -0.3 is 14.6 Å². The standard InChI is InChI=1S/C14H17NO6/c1-8-5-11(6-9(2)20-8)21-13-4-3-10(15(18)19)7-12(13)14(16)17/h3-4,7-9,11H,5-6H2,1-2H3,(H,16,17). The summed E-state index contributed by atoms with van der Waals surface area (Å²) in [4.78, 5) is 21.3. The minimum Gasteiger partial charge on any atom is -0.489 e. The van der Waals surface area contributed by atoms with Gasteiger partial charge in [0.1, 0.15) is 17.4 Å². The van der Waals surface area contributed by atoms with Gasteiger partial charge in [-0.2, -0.15) is 0 Å². The molecule has 1 aliphatic heterocycles. The van der Waals surface area contributed by atoms with Gasteiger partial charge in [-0.15, -0.1) is 0 Å². The Labute approximate surface area is 121 Å². The van der Waals surface area contributed by atoms with E-state index in [1.807, 2.05) is 13.8 Å². The van der Waals surface area contributed by atoms with Crippen LogP contribution >= 0.6 is 0 Å². The largest absolute Gasteiger partial charge is 0.489 e. The minimum atomic E-state index is -1.25. The summed E-state index contributed by atoms with van der Waals surface area (Å²) < 4.78 is 11.3. The molecule has 1 heterocycles. The molecule has 1 aromatic rings. The van der Waals surface area contributed by atoms with E-state index in [0.717, 1.165) is 6.07 Å². The maximum absolute atomic E-state index is 11.2. The van der Waals surface area contributed by atoms with E-state index in [4.69, 9.17) is 9.47 Å². The second-order valence-corrected chi connectivity index (χ2v) is 5.21. The maximum atomic E-state index is 11.2. The van der Waals surface area contributed by atoms with Crippen LogP contribution in [0.5, 0.6) is 5.75 Å². The van der Waals surface area contributed by atoms with E-state index >= 15 is 0 Å². The van der Waals surface area contributed by atoms with Crippen LogP contribution in [0.15, 0.2) is 18.2 Å². The molecule has 114 valence electrons. The van der Waals surface area contributed by atoms with Crippen LogP contribution in [0.25, 0.3) is 0 Å². The van der Waals surface area contributed by atoms with Gasteiger partial charge >= 0.3 is 5.97 Å². The van der Waals surface area contributed by atoms with Gasteiger partial charge in [0.2, 0.25) is 0 Å². The summed E-state index contributed by atoms with van der Waals surface area (Å²) in [6.45, 7) is 3.86. The second kappa shape index (κ2) is 6.09. The molecule has 1 saturated heterocycles. The molecule has 0 saturated carbocycles. The third-order valence-corrected chi connectivity index (χ3v) is 3.35. The summed E-state index contributed by atoms with van der Waals surface area (Å²) in [6.07, 6.45) is 1.21. The van der Waals surface area contributed by atoms with E-state index in [0.29, 0.717) is 12.8 Å². The summed E-state index contributed by atoms with van der Waals surface area (Å²) in [5, 5.41) is 19.9. The van der Waals surface area contributed by atoms with E-state index in [1.54, 1.807) is 0 Å². The normalized spacial score (nSPS) is 25.3. The van der Waals surface area contributed by atoms with E-state index in [-0.39, 0.29) is 35.3 Å². The number of carbonyl (C=O) groups is 1. The summed E-state index contributed by atoms with van der Waals surface area (Å²) >= 11 is 0. The number of rotatable bonds is 4. The molecule has 2 atom stereocenters. The maximum Gasteiger partial charge on any atom is 0.339 e. The molecule has 1 aromatic carbocycles. The molecule has 1 N–H and O–H groups in total. The fourth-order valence-electron chi connectivity index (χ4n) is 2.52. The lowest BCUT2D eigenvalue weighted by molar-refractivity contribution is -0.384. The molecular weight excluding hydrogens is 278 g/mol. The first kappa shape index (κ1) is 15.2. The summed E-state index contributed by atoms with van der Waals surface area (Å²) in [5.41, 5.74) is -0.468. The van der Waals surface area contributed by atoms with Crippen molar-refractivity contribution in [3.05, 3.63) is 33.9 Å². The zero-order chi connectivity index (χ0) is 15.6. The van der Waals surface area contributed by atoms with Crippen LogP contribution in [-0.2, 0) is 4.74 Å². The Morgan fingerprint density at radius 2 is 2.00 bits per heavy atom. The molecule has 1 aliphatic rings. The number of nitro benzene ring substituents is 1. The molecule has 21 heavy (non-hydrogen) atoms. The van der Waals surface area contributed by atoms with Crippen molar-refractivity contribution >= 4 is 11.7 Å². The zero-order valence-electron chi connectivity index (χ0n) is 11.8. The summed E-state index contributed by atoms with van der Waals surface area (Å²) in [5.74, 6) is -1.10. The number of hydrogen-bond donors (Lipinski definition) is 1. The number of carboxylic acids is 1. The lowest BCUT2D eigenvalue weighted by atomic mass is 10.0. The van der Waals surface area contributed by atoms with Crippen molar-refractivity contribution in [2.45, 2.75) is 45.0 Å². The number of carboxylic acid groups (broad SMARTS) is 1. The van der Waals surface area contributed by atoms with Crippen LogP contribution in [0.3, 0.4) is 0 Å². The van der Waals surface area contributed by atoms with Gasteiger partial charge in [0, 0.05) is 25.0 Å². The SMILES string of the molecule is CC1CC(Oc2ccc([N+](=O)[O-])cc2C(=O)O)CC(C)O1. The summed E-state index contributed by atoms with van der Waals surface area (Å²) in [6, 6.07) is 3.60. The molecular formula is C14H17NO6. The van der Waals surface area contributed by atoms with Crippen molar-refractivity contribution in [2.24, 2.45) is 0 Å². The molecule has 2 unspecified atom stereocenters. The predicted molar refractivity (Wildman–Crippen MR) is 73.7 cm³/mol. The Morgan fingerprint density at radius 3 is 2.52 bits per heavy atom. The van der Waals surface area contributed by atoms with Gasteiger partial charge in [0.25, 0.3) is 5.69 Å². The molecule has 0 amide bonds. The Morgan fingerprint density at radius 1 is 1.38 bits per heavy atom. The van der Waals surface area contributed by atoms with Crippen molar-refractivity contribution in [2.75, 3.05) is 0 Å².